The van der Waals surface area contributed by atoms with Crippen molar-refractivity contribution >= 4 is 98.8 Å². The Morgan fingerprint density at radius 1 is 0.550 bits per heavy atom. The molecule has 0 bridgehead atoms. The van der Waals surface area contributed by atoms with Gasteiger partial charge < -0.3 is 99.3 Å². The van der Waals surface area contributed by atoms with Gasteiger partial charge in [-0.15, -0.1) is 0 Å². The summed E-state index contributed by atoms with van der Waals surface area (Å²) in [5, 5.41) is 38.5. The van der Waals surface area contributed by atoms with Gasteiger partial charge in [-0.3, -0.25) is 57.5 Å². The van der Waals surface area contributed by atoms with Crippen LogP contribution < -0.4 is 64.6 Å². The minimum absolute atomic E-state index is 0.0611. The Morgan fingerprint density at radius 2 is 1.05 bits per heavy atom. The molecule has 0 spiro atoms. The van der Waals surface area contributed by atoms with Crippen LogP contribution in [0.5, 0.6) is 0 Å². The number of fused-ring (bicyclic) bond motifs is 5. The van der Waals surface area contributed by atoms with Crippen LogP contribution in [0.2, 0.25) is 0 Å². The van der Waals surface area contributed by atoms with Gasteiger partial charge >= 0.3 is 12.1 Å². The summed E-state index contributed by atoms with van der Waals surface area (Å²) in [6.45, 7) is -0.0992. The number of primary amides is 1. The number of aromatic amines is 4. The number of aliphatic carboxylic acids is 1. The van der Waals surface area contributed by atoms with Crippen molar-refractivity contribution in [3.8, 4) is 11.1 Å². The summed E-state index contributed by atoms with van der Waals surface area (Å²) in [5.74, 6) is -10.8. The minimum atomic E-state index is -1.98. The normalized spacial score (nSPS) is 16.3. The van der Waals surface area contributed by atoms with Gasteiger partial charge in [-0.2, -0.15) is 0 Å². The number of carboxylic acids is 1. The van der Waals surface area contributed by atoms with Gasteiger partial charge in [-0.05, 0) is 110 Å². The fourth-order valence-electron chi connectivity index (χ4n) is 14.3. The van der Waals surface area contributed by atoms with Gasteiger partial charge in [0.05, 0.1) is 37.0 Å². The lowest BCUT2D eigenvalue weighted by Crippen LogP contribution is -2.61. The van der Waals surface area contributed by atoms with E-state index in [0.717, 1.165) is 22.3 Å². The first-order valence-corrected chi connectivity index (χ1v) is 37.0. The molecule has 111 heavy (non-hydrogen) atoms. The highest BCUT2D eigenvalue weighted by Crippen LogP contribution is 2.44. The fourth-order valence-corrected chi connectivity index (χ4v) is 14.3. The molecule has 19 N–H and O–H groups in total. The molecular weight excluding hydrogens is 1430 g/mol. The average molecular weight is 1520 g/mol. The van der Waals surface area contributed by atoms with Crippen molar-refractivity contribution in [3.63, 3.8) is 0 Å². The lowest BCUT2D eigenvalue weighted by atomic mass is 9.98. The van der Waals surface area contributed by atoms with Gasteiger partial charge in [0.1, 0.15) is 61.0 Å². The molecule has 3 aliphatic rings. The van der Waals surface area contributed by atoms with Crippen molar-refractivity contribution in [2.75, 3.05) is 32.8 Å². The number of imidazole rings is 2. The van der Waals surface area contributed by atoms with Crippen LogP contribution in [0.1, 0.15) is 110 Å². The molecule has 12 amide bonds. The summed E-state index contributed by atoms with van der Waals surface area (Å²) in [6.07, 6.45) is 7.96. The number of unbranched alkanes of at least 4 members (excludes halogenated alkanes) is 2. The number of ether oxygens (including phenoxy) is 1. The number of nitrogens with one attached hydrogen (secondary N) is 14. The van der Waals surface area contributed by atoms with Crippen LogP contribution in [0.25, 0.3) is 32.9 Å². The van der Waals surface area contributed by atoms with Crippen LogP contribution in [0, 0.1) is 0 Å². The second kappa shape index (κ2) is 37.9. The predicted molar refractivity (Wildman–Crippen MR) is 402 cm³/mol. The lowest BCUT2D eigenvalue weighted by molar-refractivity contribution is -0.143. The monoisotopic (exact) mass is 1520 g/mol. The summed E-state index contributed by atoms with van der Waals surface area (Å²) < 4.78 is 5.74. The molecule has 6 heterocycles. The Morgan fingerprint density at radius 3 is 1.59 bits per heavy atom. The topological polar surface area (TPSA) is 516 Å². The number of hydrogen-bond donors (Lipinski definition) is 17. The number of alkyl carbamates (subject to hydrolysis) is 1. The van der Waals surface area contributed by atoms with Crippen LogP contribution >= 0.6 is 0 Å². The summed E-state index contributed by atoms with van der Waals surface area (Å²) in [7, 11) is 0. The predicted octanol–water partition coefficient (Wildman–Crippen LogP) is 0.943. The number of benzene rings is 4. The van der Waals surface area contributed by atoms with E-state index in [1.165, 1.54) is 29.9 Å². The molecule has 4 aromatic heterocycles. The molecule has 0 saturated carbocycles. The number of aromatic nitrogens is 6. The zero-order chi connectivity index (χ0) is 78.5. The summed E-state index contributed by atoms with van der Waals surface area (Å²) >= 11 is 0. The maximum absolute atomic E-state index is 15.2. The summed E-state index contributed by atoms with van der Waals surface area (Å²) in [5.41, 5.74) is 18.5. The SMILES string of the molecule is NCCCC[C@H](NC(=O)[C@H](Cc1c[nH]c2ccccc12)NC(=O)[C@H](Cc1c[nH]cn1)NC(=O)[C@@H]1CCC(=O)N1)C(=O)N[C@@H](Cc1c[nH]cn1)C(=O)N[C@@H](CC(=O)O)C(=O)N[C@@H](Cc1c[nH]c2ccccc12)C(=O)N[C@@H](CCCCNC(=O)OCC1c2ccccc2-c2ccccc21)C(=O)N1CCC[C@H]1C(=O)NCC(N)=O. The molecule has 2 fully saturated rings. The van der Waals surface area contributed by atoms with Crippen LogP contribution in [0.4, 0.5) is 4.79 Å². The largest absolute Gasteiger partial charge is 0.481 e. The average Bonchev–Trinajstić information content (AvgIpc) is 1.62. The molecule has 34 nitrogen and oxygen atoms in total. The van der Waals surface area contributed by atoms with Crippen molar-refractivity contribution in [2.24, 2.45) is 11.5 Å². The van der Waals surface area contributed by atoms with E-state index >= 15 is 14.4 Å². The Bertz CT molecular complexity index is 4630. The molecule has 4 aromatic carbocycles. The molecule has 584 valence electrons. The lowest BCUT2D eigenvalue weighted by Gasteiger charge is -2.30. The van der Waals surface area contributed by atoms with Crippen LogP contribution in [-0.4, -0.2) is 204 Å². The Hall–Kier alpha value is -12.8. The summed E-state index contributed by atoms with van der Waals surface area (Å²) in [6, 6.07) is 17.1. The quantitative estimate of drug-likeness (QED) is 0.0238. The van der Waals surface area contributed by atoms with Crippen molar-refractivity contribution in [1.29, 1.82) is 0 Å². The number of amides is 12. The second-order valence-electron chi connectivity index (χ2n) is 27.7. The molecule has 2 saturated heterocycles. The van der Waals surface area contributed by atoms with E-state index in [9.17, 15) is 53.1 Å². The number of H-pyrrole nitrogens is 4. The molecule has 2 aliphatic heterocycles. The van der Waals surface area contributed by atoms with Crippen LogP contribution in [-0.2, 0) is 88.0 Å². The van der Waals surface area contributed by atoms with Gasteiger partial charge in [0.25, 0.3) is 0 Å². The number of nitrogens with zero attached hydrogens (tertiary/aromatic N) is 3. The first-order valence-electron chi connectivity index (χ1n) is 37.0. The number of carbonyl (C=O) groups excluding carboxylic acids is 12. The highest BCUT2D eigenvalue weighted by molar-refractivity contribution is 6.01. The zero-order valence-corrected chi connectivity index (χ0v) is 60.8. The Kier molecular flexibility index (Phi) is 27.1. The van der Waals surface area contributed by atoms with Gasteiger partial charge in [-0.25, -0.2) is 14.8 Å². The fraction of sp³-hybridized carbons (Fsp3) is 0.390. The third-order valence-corrected chi connectivity index (χ3v) is 20.0. The number of nitrogens with two attached hydrogens (primary N) is 2. The zero-order valence-electron chi connectivity index (χ0n) is 60.8. The van der Waals surface area contributed by atoms with E-state index in [0.29, 0.717) is 51.5 Å². The standard InChI is InChI=1S/C77H91N19O15/c78-27-11-9-22-56(89-70(103)59(30-43-35-83-54-20-7-5-14-47(43)54)91-72(105)61(32-45-37-80-41-86-45)94-69(102)57-25-26-66(98)88-57)68(101)93-62(33-46-38-81-42-87-46)73(106)95-63(34-67(99)100)74(107)92-60(31-44-36-84-55-21-8-6-15-48(44)55)71(104)90-58(76(109)96-29-13-24-64(96)75(108)85-39-65(79)97)23-10-12-28-82-77(110)111-40-53-51-18-3-1-16-49(51)50-17-2-4-19-52(50)53/h1-8,14-21,35-38,41-42,53,56-64,83-84H,9-13,22-34,39-40,78H2,(H2,79,97)(H,80,86)(H,81,87)(H,82,110)(H,85,108)(H,88,98)(H,89,103)(H,90,104)(H,91,105)(H,92,107)(H,93,101)(H,94,102)(H,95,106)(H,99,100)/t56-,57-,58-,59-,60-,61-,62-,63-,64-/m0/s1. The number of rotatable bonds is 39. The highest BCUT2D eigenvalue weighted by atomic mass is 16.5. The molecular formula is C77H91N19O15. The molecule has 0 unspecified atom stereocenters. The number of hydrogen-bond acceptors (Lipinski definition) is 17. The third kappa shape index (κ3) is 20.9. The summed E-state index contributed by atoms with van der Waals surface area (Å²) in [4.78, 5) is 204. The first kappa shape index (κ1) is 79.3. The van der Waals surface area contributed by atoms with E-state index in [2.05, 4.69) is 83.1 Å². The second-order valence-corrected chi connectivity index (χ2v) is 27.7. The Labute approximate surface area is 636 Å². The van der Waals surface area contributed by atoms with E-state index in [-0.39, 0.29) is 121 Å². The van der Waals surface area contributed by atoms with Gasteiger partial charge in [-0.1, -0.05) is 84.9 Å². The molecule has 34 heteroatoms. The van der Waals surface area contributed by atoms with Crippen molar-refractivity contribution in [2.45, 2.75) is 157 Å². The smallest absolute Gasteiger partial charge is 0.407 e. The number of likely N-dealkylation sites (tertiary alicyclic amines) is 1. The van der Waals surface area contributed by atoms with Crippen LogP contribution in [0.15, 0.2) is 135 Å². The number of carbonyl (C=O) groups is 13. The first-order chi connectivity index (χ1) is 53.7. The van der Waals surface area contributed by atoms with E-state index in [1.54, 1.807) is 48.8 Å². The highest BCUT2D eigenvalue weighted by Gasteiger charge is 2.41. The molecule has 0 radical (unpaired) electrons. The number of carboxylic acid groups (broad SMARTS) is 1. The third-order valence-electron chi connectivity index (χ3n) is 20.0. The maximum atomic E-state index is 15.2. The maximum Gasteiger partial charge on any atom is 0.407 e. The van der Waals surface area contributed by atoms with E-state index in [4.69, 9.17) is 16.2 Å². The van der Waals surface area contributed by atoms with Crippen molar-refractivity contribution in [1.82, 2.24) is 88.0 Å². The minimum Gasteiger partial charge on any atom is -0.481 e. The number of para-hydroxylation sites is 2. The van der Waals surface area contributed by atoms with Crippen molar-refractivity contribution < 1.29 is 72.2 Å². The molecule has 1 aliphatic carbocycles. The molecule has 9 atom stereocenters. The van der Waals surface area contributed by atoms with Gasteiger partial charge in [0, 0.05) is 97.7 Å². The Balaban J connectivity index is 0.813. The van der Waals surface area contributed by atoms with Gasteiger partial charge in [0.2, 0.25) is 65.0 Å². The van der Waals surface area contributed by atoms with Gasteiger partial charge in [0.15, 0.2) is 0 Å². The van der Waals surface area contributed by atoms with Crippen LogP contribution in [0.3, 0.4) is 0 Å². The van der Waals surface area contributed by atoms with E-state index in [1.807, 2.05) is 60.7 Å². The molecule has 8 aromatic rings. The molecule has 11 rings (SSSR count). The van der Waals surface area contributed by atoms with E-state index < -0.39 is 138 Å². The van der Waals surface area contributed by atoms with Crippen molar-refractivity contribution in [3.05, 3.63) is 168 Å².